The lowest BCUT2D eigenvalue weighted by atomic mass is 10.1. The Morgan fingerprint density at radius 2 is 1.64 bits per heavy atom. The largest absolute Gasteiger partial charge is 0.470 e. The summed E-state index contributed by atoms with van der Waals surface area (Å²) < 4.78 is 52.2. The first-order chi connectivity index (χ1) is 15.0. The van der Waals surface area contributed by atoms with Crippen LogP contribution in [-0.4, -0.2) is 76.9 Å². The summed E-state index contributed by atoms with van der Waals surface area (Å²) in [7, 11) is -16.0. The van der Waals surface area contributed by atoms with E-state index in [1.165, 1.54) is 0 Å². The number of hydrogen-bond donors (Lipinski definition) is 10. The molecule has 1 fully saturated rings. The Morgan fingerprint density at radius 1 is 1.06 bits per heavy atom. The first-order valence-corrected chi connectivity index (χ1v) is 12.8. The summed E-state index contributed by atoms with van der Waals surface area (Å²) in [6, 6.07) is 0. The molecular weight excluding hydrogens is 523 g/mol. The predicted octanol–water partition coefficient (Wildman–Crippen LogP) is -2.88. The molecule has 1 aromatic heterocycles. The molecule has 23 heteroatoms. The third kappa shape index (κ3) is 8.51. The number of H-pyrrole nitrogens is 1. The van der Waals surface area contributed by atoms with Crippen molar-refractivity contribution in [3.63, 3.8) is 0 Å². The quantitative estimate of drug-likeness (QED) is 0.0993. The van der Waals surface area contributed by atoms with Crippen molar-refractivity contribution < 1.29 is 66.2 Å². The van der Waals surface area contributed by atoms with E-state index in [2.05, 4.69) is 23.9 Å². The van der Waals surface area contributed by atoms with Crippen LogP contribution >= 0.6 is 23.5 Å². The monoisotopic (exact) mass is 541 g/mol. The first kappa shape index (κ1) is 27.5. The van der Waals surface area contributed by atoms with Crippen molar-refractivity contribution >= 4 is 47.3 Å². The van der Waals surface area contributed by atoms with Crippen molar-refractivity contribution in [2.45, 2.75) is 24.5 Å². The maximum absolute atomic E-state index is 12.0. The van der Waals surface area contributed by atoms with E-state index < -0.39 is 77.6 Å². The lowest BCUT2D eigenvalue weighted by Gasteiger charge is -2.25. The van der Waals surface area contributed by atoms with Crippen LogP contribution in [0, 0.1) is 0 Å². The Morgan fingerprint density at radius 3 is 2.15 bits per heavy atom. The van der Waals surface area contributed by atoms with Crippen molar-refractivity contribution in [1.82, 2.24) is 9.97 Å². The number of phosphoric ester groups is 3. The normalized spacial score (nSPS) is 23.9. The molecular formula is C10H18N5O15P3. The summed E-state index contributed by atoms with van der Waals surface area (Å²) >= 11 is 0. The number of ether oxygens (including phenoxy) is 1. The fourth-order valence-corrected chi connectivity index (χ4v) is 4.09. The number of phosphoric acid groups is 3. The van der Waals surface area contributed by atoms with E-state index >= 15 is 0 Å². The summed E-state index contributed by atoms with van der Waals surface area (Å²) in [5, 5.41) is 4.26. The molecule has 1 amide bonds. The molecule has 1 aromatic rings. The number of carbonyl (C=O) groups excluding carboxylic acids is 1. The smallest absolute Gasteiger partial charge is 0.369 e. The zero-order chi connectivity index (χ0) is 25.2. The van der Waals surface area contributed by atoms with Gasteiger partial charge in [0.1, 0.15) is 24.0 Å². The Balaban J connectivity index is 2.49. The second-order valence-electron chi connectivity index (χ2n) is 6.08. The molecule has 11 N–H and O–H groups in total. The summed E-state index contributed by atoms with van der Waals surface area (Å²) in [6.45, 7) is -1.10. The minimum Gasteiger partial charge on any atom is -0.369 e. The third-order valence-corrected chi connectivity index (χ3v) is 5.18. The molecule has 0 saturated carbocycles. The van der Waals surface area contributed by atoms with E-state index in [4.69, 9.17) is 30.0 Å². The Hall–Kier alpha value is -1.76. The molecule has 0 bridgehead atoms. The Labute approximate surface area is 182 Å². The molecule has 188 valence electrons. The van der Waals surface area contributed by atoms with E-state index in [9.17, 15) is 33.1 Å². The minimum atomic E-state index is -5.41. The van der Waals surface area contributed by atoms with Gasteiger partial charge in [-0.25, -0.2) is 13.7 Å². The zero-order valence-electron chi connectivity index (χ0n) is 15.8. The van der Waals surface area contributed by atoms with Gasteiger partial charge in [-0.15, -0.1) is 0 Å². The van der Waals surface area contributed by atoms with Crippen LogP contribution in [0.2, 0.25) is 0 Å². The van der Waals surface area contributed by atoms with Gasteiger partial charge >= 0.3 is 23.5 Å². The highest BCUT2D eigenvalue weighted by molar-refractivity contribution is 7.46. The molecule has 0 aromatic carbocycles. The Bertz CT molecular complexity index is 1060. The van der Waals surface area contributed by atoms with Gasteiger partial charge in [0.05, 0.1) is 6.61 Å². The molecule has 1 unspecified atom stereocenters. The predicted molar refractivity (Wildman–Crippen MR) is 103 cm³/mol. The number of nitrogens with one attached hydrogen (secondary N) is 3. The van der Waals surface area contributed by atoms with Gasteiger partial charge in [-0.1, -0.05) is 0 Å². The lowest BCUT2D eigenvalue weighted by Crippen LogP contribution is -2.40. The SMILES string of the molecule is Nc1nc(NC2O[C@H](COP(=O)(O)O)[C@@H](OP(=O)(O)O)[C@H]2OP(=O)(O)O)c(NC=O)c(=O)[nH]1. The van der Waals surface area contributed by atoms with Crippen molar-refractivity contribution in [2.75, 3.05) is 23.0 Å². The molecule has 0 aliphatic carbocycles. The standard InChI is InChI=1S/C10H18N5O15P3/c11-10-14-7(4(12-2-16)8(17)15-10)13-9-6(30-33(24,25)26)5(29-32(21,22)23)3(28-9)1-27-31(18,19)20/h2-3,5-6,9H,1H2,(H,12,16)(H2,18,19,20)(H2,21,22,23)(H2,24,25,26)(H4,11,13,14,15,17)/t3-,5-,6-,9?/m1/s1. The van der Waals surface area contributed by atoms with Crippen LogP contribution in [0.4, 0.5) is 17.5 Å². The maximum Gasteiger partial charge on any atom is 0.470 e. The van der Waals surface area contributed by atoms with E-state index in [1.807, 2.05) is 10.3 Å². The fraction of sp³-hybridized carbons (Fsp3) is 0.500. The summed E-state index contributed by atoms with van der Waals surface area (Å²) in [5.74, 6) is -1.03. The molecule has 33 heavy (non-hydrogen) atoms. The highest BCUT2D eigenvalue weighted by atomic mass is 31.2. The number of hydrogen-bond acceptors (Lipinski definition) is 12. The second-order valence-corrected chi connectivity index (χ2v) is 9.71. The van der Waals surface area contributed by atoms with Gasteiger partial charge in [0.2, 0.25) is 12.4 Å². The van der Waals surface area contributed by atoms with Gasteiger partial charge < -0.3 is 50.5 Å². The zero-order valence-corrected chi connectivity index (χ0v) is 18.5. The number of amides is 1. The second kappa shape index (κ2) is 10.2. The molecule has 2 heterocycles. The van der Waals surface area contributed by atoms with Crippen molar-refractivity contribution in [3.8, 4) is 0 Å². The lowest BCUT2D eigenvalue weighted by molar-refractivity contribution is -0.105. The molecule has 0 radical (unpaired) electrons. The van der Waals surface area contributed by atoms with Crippen LogP contribution in [-0.2, 0) is 36.8 Å². The molecule has 20 nitrogen and oxygen atoms in total. The molecule has 0 spiro atoms. The summed E-state index contributed by atoms with van der Waals surface area (Å²) in [4.78, 5) is 82.9. The summed E-state index contributed by atoms with van der Waals surface area (Å²) in [5.41, 5.74) is 3.88. The van der Waals surface area contributed by atoms with Gasteiger partial charge in [0.15, 0.2) is 12.0 Å². The Kier molecular flexibility index (Phi) is 8.53. The topological polar surface area (TPSA) is 322 Å². The summed E-state index contributed by atoms with van der Waals surface area (Å²) in [6.07, 6.45) is -7.79. The van der Waals surface area contributed by atoms with Gasteiger partial charge in [-0.05, 0) is 0 Å². The molecule has 1 aliphatic rings. The van der Waals surface area contributed by atoms with Crippen molar-refractivity contribution in [2.24, 2.45) is 0 Å². The fourth-order valence-electron chi connectivity index (χ4n) is 2.63. The van der Waals surface area contributed by atoms with Crippen LogP contribution in [0.1, 0.15) is 0 Å². The highest BCUT2D eigenvalue weighted by Gasteiger charge is 2.52. The van der Waals surface area contributed by atoms with Crippen LogP contribution in [0.25, 0.3) is 0 Å². The number of rotatable bonds is 11. The van der Waals surface area contributed by atoms with Crippen molar-refractivity contribution in [1.29, 1.82) is 0 Å². The average Bonchev–Trinajstić information content (AvgIpc) is 2.89. The number of aromatic amines is 1. The van der Waals surface area contributed by atoms with Crippen LogP contribution < -0.4 is 21.9 Å². The highest BCUT2D eigenvalue weighted by Crippen LogP contribution is 2.48. The molecule has 4 atom stereocenters. The number of aromatic nitrogens is 2. The van der Waals surface area contributed by atoms with Crippen molar-refractivity contribution in [3.05, 3.63) is 10.4 Å². The molecule has 1 saturated heterocycles. The minimum absolute atomic E-state index is 0.0726. The number of carbonyl (C=O) groups is 1. The number of nitrogens with two attached hydrogens (primary N) is 1. The van der Waals surface area contributed by atoms with Crippen LogP contribution in [0.15, 0.2) is 4.79 Å². The van der Waals surface area contributed by atoms with Gasteiger partial charge in [0, 0.05) is 0 Å². The van der Waals surface area contributed by atoms with Gasteiger partial charge in [-0.3, -0.25) is 28.1 Å². The van der Waals surface area contributed by atoms with Crippen LogP contribution in [0.5, 0.6) is 0 Å². The molecule has 2 rings (SSSR count). The van der Waals surface area contributed by atoms with Gasteiger partial charge in [0.25, 0.3) is 5.56 Å². The molecule has 1 aliphatic heterocycles. The number of anilines is 3. The third-order valence-electron chi connectivity index (χ3n) is 3.66. The maximum atomic E-state index is 12.0. The van der Waals surface area contributed by atoms with Crippen LogP contribution in [0.3, 0.4) is 0 Å². The number of nitrogens with zero attached hydrogens (tertiary/aromatic N) is 1. The van der Waals surface area contributed by atoms with E-state index in [-0.39, 0.29) is 6.41 Å². The first-order valence-electron chi connectivity index (χ1n) is 8.19. The van der Waals surface area contributed by atoms with E-state index in [0.717, 1.165) is 0 Å². The van der Waals surface area contributed by atoms with Gasteiger partial charge in [-0.2, -0.15) is 4.98 Å². The van der Waals surface area contributed by atoms with E-state index in [1.54, 1.807) is 0 Å². The van der Waals surface area contributed by atoms with E-state index in [0.29, 0.717) is 0 Å². The average molecular weight is 541 g/mol. The number of nitrogen functional groups attached to an aromatic ring is 1.